The van der Waals surface area contributed by atoms with Gasteiger partial charge in [0.2, 0.25) is 11.8 Å². The van der Waals surface area contributed by atoms with Crippen LogP contribution in [0.1, 0.15) is 53.2 Å². The predicted molar refractivity (Wildman–Crippen MR) is 209 cm³/mol. The minimum atomic E-state index is -0.600. The van der Waals surface area contributed by atoms with Crippen LogP contribution < -0.4 is 20.0 Å². The van der Waals surface area contributed by atoms with Crippen molar-refractivity contribution in [2.24, 2.45) is 5.92 Å². The molecule has 0 spiro atoms. The van der Waals surface area contributed by atoms with Gasteiger partial charge >= 0.3 is 0 Å². The first-order valence-electron chi connectivity index (χ1n) is 19.7. The highest BCUT2D eigenvalue weighted by Gasteiger charge is 2.40. The first-order chi connectivity index (χ1) is 27.3. The number of fused-ring (bicyclic) bond motifs is 2. The molecule has 3 amide bonds. The number of pyridine rings is 1. The van der Waals surface area contributed by atoms with Gasteiger partial charge in [-0.1, -0.05) is 18.2 Å². The summed E-state index contributed by atoms with van der Waals surface area (Å²) in [6.07, 6.45) is 4.42. The second kappa shape index (κ2) is 14.0. The van der Waals surface area contributed by atoms with E-state index in [-0.39, 0.29) is 36.0 Å². The highest BCUT2D eigenvalue weighted by molar-refractivity contribution is 6.05. The molecule has 13 nitrogen and oxygen atoms in total. The van der Waals surface area contributed by atoms with Crippen LogP contribution in [0.25, 0.3) is 17.0 Å². The maximum absolute atomic E-state index is 14.1. The van der Waals surface area contributed by atoms with Crippen LogP contribution in [0.3, 0.4) is 0 Å². The van der Waals surface area contributed by atoms with Crippen molar-refractivity contribution >= 4 is 40.7 Å². The molecule has 56 heavy (non-hydrogen) atoms. The minimum absolute atomic E-state index is 0.0744. The highest BCUT2D eigenvalue weighted by atomic mass is 19.1. The van der Waals surface area contributed by atoms with E-state index < -0.39 is 6.04 Å². The van der Waals surface area contributed by atoms with Crippen molar-refractivity contribution in [1.29, 1.82) is 0 Å². The van der Waals surface area contributed by atoms with E-state index in [1.54, 1.807) is 17.0 Å². The number of aromatic nitrogens is 4. The van der Waals surface area contributed by atoms with Gasteiger partial charge in [0.05, 0.1) is 17.9 Å². The van der Waals surface area contributed by atoms with Gasteiger partial charge in [-0.15, -0.1) is 5.10 Å². The third-order valence-electron chi connectivity index (χ3n) is 12.2. The SMILES string of the molecule is O=C1CCC(N2Cc3cc(N4CC(CN5CCN(c6cccc(-c7cnc8ccc(N9CCCC9c9cccc(F)c9)nn78)n6)CC5)C4)ccc3C2=O)C(=O)N1. The summed E-state index contributed by atoms with van der Waals surface area (Å²) in [6.45, 7) is 7.92. The molecule has 0 aliphatic carbocycles. The lowest BCUT2D eigenvalue weighted by Crippen LogP contribution is -2.55. The molecule has 2 aromatic carbocycles. The molecular weight excluding hydrogens is 712 g/mol. The average molecular weight is 755 g/mol. The number of halogens is 1. The Hall–Kier alpha value is -5.89. The molecule has 0 saturated carbocycles. The Balaban J connectivity index is 0.749. The lowest BCUT2D eigenvalue weighted by molar-refractivity contribution is -0.136. The van der Waals surface area contributed by atoms with Crippen molar-refractivity contribution in [3.05, 3.63) is 102 Å². The van der Waals surface area contributed by atoms with Crippen LogP contribution in [0, 0.1) is 11.7 Å². The molecule has 5 aliphatic rings. The molecule has 8 heterocycles. The van der Waals surface area contributed by atoms with Gasteiger partial charge in [0, 0.05) is 82.5 Å². The number of rotatable bonds is 8. The topological polar surface area (TPSA) is 123 Å². The zero-order valence-electron chi connectivity index (χ0n) is 31.1. The van der Waals surface area contributed by atoms with Crippen LogP contribution >= 0.6 is 0 Å². The van der Waals surface area contributed by atoms with Gasteiger partial charge in [0.1, 0.15) is 29.2 Å². The molecular formula is C42H43FN10O3. The summed E-state index contributed by atoms with van der Waals surface area (Å²) in [6, 6.07) is 22.5. The smallest absolute Gasteiger partial charge is 0.255 e. The van der Waals surface area contributed by atoms with Gasteiger partial charge in [-0.25, -0.2) is 18.9 Å². The van der Waals surface area contributed by atoms with E-state index in [0.29, 0.717) is 24.4 Å². The standard InChI is InChI=1S/C42H43FN10O3/c43-30-5-1-4-28(20-30)34-7-3-15-51(34)39-13-12-37-44-22-36(53(37)47-39)33-6-2-8-38(45-33)49-18-16-48(17-19-49)23-27-24-50(25-27)31-9-10-32-29(21-31)26-52(42(32)56)35-11-14-40(54)46-41(35)55/h1-2,4-6,8-10,12-13,20-22,27,34-35H,3,7,11,14-19,23-26H2,(H,46,54,55). The van der Waals surface area contributed by atoms with E-state index in [9.17, 15) is 18.8 Å². The maximum Gasteiger partial charge on any atom is 0.255 e. The lowest BCUT2D eigenvalue weighted by Gasteiger charge is -2.45. The van der Waals surface area contributed by atoms with Crippen LogP contribution in [-0.2, 0) is 16.1 Å². The number of benzene rings is 2. The number of imide groups is 1. The molecule has 4 fully saturated rings. The first-order valence-corrected chi connectivity index (χ1v) is 19.7. The molecule has 14 heteroatoms. The van der Waals surface area contributed by atoms with Crippen molar-refractivity contribution in [2.75, 3.05) is 67.1 Å². The molecule has 286 valence electrons. The number of piperazine rings is 1. The van der Waals surface area contributed by atoms with E-state index in [1.807, 2.05) is 47.1 Å². The van der Waals surface area contributed by atoms with E-state index >= 15 is 0 Å². The van der Waals surface area contributed by atoms with Crippen LogP contribution in [0.5, 0.6) is 0 Å². The fourth-order valence-corrected chi connectivity index (χ4v) is 9.21. The maximum atomic E-state index is 14.1. The molecule has 2 atom stereocenters. The Kier molecular flexibility index (Phi) is 8.65. The fourth-order valence-electron chi connectivity index (χ4n) is 9.21. The summed E-state index contributed by atoms with van der Waals surface area (Å²) in [7, 11) is 0. The third-order valence-corrected chi connectivity index (χ3v) is 12.2. The summed E-state index contributed by atoms with van der Waals surface area (Å²) in [5, 5.41) is 7.41. The number of piperidine rings is 1. The largest absolute Gasteiger partial charge is 0.371 e. The zero-order chi connectivity index (χ0) is 37.9. The highest BCUT2D eigenvalue weighted by Crippen LogP contribution is 2.37. The van der Waals surface area contributed by atoms with Gasteiger partial charge in [-0.3, -0.25) is 24.6 Å². The van der Waals surface area contributed by atoms with Crippen molar-refractivity contribution in [3.63, 3.8) is 0 Å². The molecule has 5 aliphatic heterocycles. The number of anilines is 3. The number of carbonyl (C=O) groups excluding carboxylic acids is 3. The Morgan fingerprint density at radius 2 is 1.66 bits per heavy atom. The van der Waals surface area contributed by atoms with Gasteiger partial charge in [-0.2, -0.15) is 0 Å². The third kappa shape index (κ3) is 6.31. The molecule has 2 unspecified atom stereocenters. The number of amides is 3. The van der Waals surface area contributed by atoms with Crippen LogP contribution in [0.2, 0.25) is 0 Å². The van der Waals surface area contributed by atoms with E-state index in [0.717, 1.165) is 111 Å². The Morgan fingerprint density at radius 3 is 2.50 bits per heavy atom. The summed E-state index contributed by atoms with van der Waals surface area (Å²) in [5.74, 6) is 1.33. The molecule has 10 rings (SSSR count). The predicted octanol–water partition coefficient (Wildman–Crippen LogP) is 4.29. The fraction of sp³-hybridized carbons (Fsp3) is 0.381. The summed E-state index contributed by atoms with van der Waals surface area (Å²) in [5.41, 5.74) is 6.07. The van der Waals surface area contributed by atoms with Crippen molar-refractivity contribution in [2.45, 2.75) is 44.3 Å². The second-order valence-electron chi connectivity index (χ2n) is 15.7. The van der Waals surface area contributed by atoms with Crippen LogP contribution in [0.4, 0.5) is 21.7 Å². The number of hydrogen-bond donors (Lipinski definition) is 1. The van der Waals surface area contributed by atoms with Gasteiger partial charge in [-0.05, 0) is 85.0 Å². The zero-order valence-corrected chi connectivity index (χ0v) is 31.1. The van der Waals surface area contributed by atoms with E-state index in [4.69, 9.17) is 10.1 Å². The average Bonchev–Trinajstić information content (AvgIpc) is 3.94. The van der Waals surface area contributed by atoms with Crippen molar-refractivity contribution in [1.82, 2.24) is 34.7 Å². The lowest BCUT2D eigenvalue weighted by atomic mass is 9.97. The molecule has 0 radical (unpaired) electrons. The quantitative estimate of drug-likeness (QED) is 0.230. The second-order valence-corrected chi connectivity index (χ2v) is 15.7. The number of nitrogens with zero attached hydrogens (tertiary/aromatic N) is 9. The normalized spacial score (nSPS) is 21.9. The minimum Gasteiger partial charge on any atom is -0.371 e. The number of carbonyl (C=O) groups is 3. The Bertz CT molecular complexity index is 2350. The first kappa shape index (κ1) is 34.6. The molecule has 1 N–H and O–H groups in total. The summed E-state index contributed by atoms with van der Waals surface area (Å²) < 4.78 is 16.0. The Labute approximate surface area is 323 Å². The number of imidazole rings is 1. The molecule has 5 aromatic rings. The van der Waals surface area contributed by atoms with Gasteiger partial charge in [0.25, 0.3) is 5.91 Å². The summed E-state index contributed by atoms with van der Waals surface area (Å²) >= 11 is 0. The van der Waals surface area contributed by atoms with Crippen LogP contribution in [0.15, 0.2) is 79.0 Å². The van der Waals surface area contributed by atoms with Gasteiger partial charge < -0.3 is 19.6 Å². The monoisotopic (exact) mass is 754 g/mol. The number of hydrogen-bond acceptors (Lipinski definition) is 10. The Morgan fingerprint density at radius 1 is 0.804 bits per heavy atom. The van der Waals surface area contributed by atoms with Gasteiger partial charge in [0.15, 0.2) is 5.65 Å². The van der Waals surface area contributed by atoms with E-state index in [1.165, 1.54) is 6.07 Å². The van der Waals surface area contributed by atoms with Crippen LogP contribution in [-0.4, -0.2) is 106 Å². The van der Waals surface area contributed by atoms with Crippen molar-refractivity contribution < 1.29 is 18.8 Å². The van der Waals surface area contributed by atoms with E-state index in [2.05, 4.69) is 48.1 Å². The molecule has 4 saturated heterocycles. The molecule has 3 aromatic heterocycles. The number of nitrogens with one attached hydrogen (secondary N) is 1. The molecule has 0 bridgehead atoms. The summed E-state index contributed by atoms with van der Waals surface area (Å²) in [4.78, 5) is 58.1. The van der Waals surface area contributed by atoms with Crippen molar-refractivity contribution in [3.8, 4) is 11.4 Å².